The minimum Gasteiger partial charge on any atom is -0.484 e. The van der Waals surface area contributed by atoms with Gasteiger partial charge in [0.15, 0.2) is 18.1 Å². The fourth-order valence-electron chi connectivity index (χ4n) is 9.80. The van der Waals surface area contributed by atoms with Gasteiger partial charge in [0, 0.05) is 80.2 Å². The van der Waals surface area contributed by atoms with Crippen LogP contribution < -0.4 is 20.7 Å². The van der Waals surface area contributed by atoms with E-state index < -0.39 is 17.8 Å². The number of aromatic amines is 1. The number of halogens is 1. The number of thiazole rings is 1. The number of H-pyrrole nitrogens is 1. The third kappa shape index (κ3) is 10.1. The quantitative estimate of drug-likeness (QED) is 0.0614. The Morgan fingerprint density at radius 2 is 1.72 bits per heavy atom. The van der Waals surface area contributed by atoms with Gasteiger partial charge in [0.2, 0.25) is 11.7 Å². The average molecular weight is 983 g/mol. The molecule has 2 aliphatic heterocycles. The number of nitrogens with one attached hydrogen (secondary N) is 4. The van der Waals surface area contributed by atoms with Gasteiger partial charge in [-0.1, -0.05) is 38.0 Å². The van der Waals surface area contributed by atoms with E-state index in [0.29, 0.717) is 46.7 Å². The molecule has 0 unspecified atom stereocenters. The average Bonchev–Trinajstić information content (AvgIpc) is 3.84. The molecule has 2 aromatic carbocycles. The Bertz CT molecular complexity index is 2990. The second-order valence-electron chi connectivity index (χ2n) is 18.6. The molecule has 4 N–H and O–H groups in total. The number of ketones is 1. The maximum Gasteiger partial charge on any atom is 0.267 e. The third-order valence-electron chi connectivity index (χ3n) is 14.0. The highest BCUT2D eigenvalue weighted by atomic mass is 32.1. The molecule has 0 spiro atoms. The van der Waals surface area contributed by atoms with Crippen LogP contribution in [0.2, 0.25) is 0 Å². The topological polar surface area (TPSA) is 212 Å². The third-order valence-corrected chi connectivity index (χ3v) is 14.9. The molecular formula is C51H55FN12O6S. The van der Waals surface area contributed by atoms with Crippen molar-refractivity contribution in [1.29, 1.82) is 0 Å². The number of hydrogen-bond acceptors (Lipinski definition) is 13. The lowest BCUT2D eigenvalue weighted by Gasteiger charge is -2.34. The lowest BCUT2D eigenvalue weighted by atomic mass is 9.83. The number of imidazole rings is 1. The second kappa shape index (κ2) is 20.5. The smallest absolute Gasteiger partial charge is 0.267 e. The standard InChI is InChI=1S/C51H55FN12O6S/c1-30(53-2)48(67)60-44(32-8-4-3-5-9-32)51(69)63-17-7-12-41(63)49-59-40(29-71-49)45(66)33-10-6-11-36(22-33)70-28-43(65)61-18-20-62(21-19-61)50(68)34-15-16-38(37(52)23-34)57-46-47-54-26-42(35-24-55-56-25-35)64(47)27-39(58-46)31-13-14-31/h6,10-11,15-16,22-27,29,31-32,41,44,53H,1,3-5,7-9,12-14,17-21,28H2,2H3,(H,55,56)(H,57,58)(H,60,67)/t41-,44-/m0/s1. The van der Waals surface area contributed by atoms with Crippen molar-refractivity contribution in [1.82, 2.24) is 54.9 Å². The molecule has 0 radical (unpaired) electrons. The highest BCUT2D eigenvalue weighted by Gasteiger charge is 2.40. The summed E-state index contributed by atoms with van der Waals surface area (Å²) >= 11 is 1.33. The number of amides is 4. The van der Waals surface area contributed by atoms with E-state index in [9.17, 15) is 24.0 Å². The van der Waals surface area contributed by atoms with E-state index in [4.69, 9.17) is 14.7 Å². The first kappa shape index (κ1) is 47.2. The van der Waals surface area contributed by atoms with Crippen LogP contribution in [0.3, 0.4) is 0 Å². The van der Waals surface area contributed by atoms with Crippen molar-refractivity contribution < 1.29 is 33.1 Å². The fourth-order valence-corrected chi connectivity index (χ4v) is 10.7. The van der Waals surface area contributed by atoms with Crippen LogP contribution >= 0.6 is 11.3 Å². The number of fused-ring (bicyclic) bond motifs is 1. The monoisotopic (exact) mass is 982 g/mol. The predicted molar refractivity (Wildman–Crippen MR) is 263 cm³/mol. The first-order chi connectivity index (χ1) is 34.5. The maximum absolute atomic E-state index is 15.7. The highest BCUT2D eigenvalue weighted by molar-refractivity contribution is 7.10. The molecule has 4 aromatic heterocycles. The van der Waals surface area contributed by atoms with Crippen LogP contribution in [0.25, 0.3) is 16.9 Å². The first-order valence-electron chi connectivity index (χ1n) is 24.2. The summed E-state index contributed by atoms with van der Waals surface area (Å²) in [7, 11) is 1.62. The summed E-state index contributed by atoms with van der Waals surface area (Å²) in [6, 6.07) is 9.89. The number of nitrogens with zero attached hydrogens (tertiary/aromatic N) is 8. The van der Waals surface area contributed by atoms with E-state index in [1.165, 1.54) is 23.5 Å². The van der Waals surface area contributed by atoms with Crippen LogP contribution in [0.15, 0.2) is 84.9 Å². The number of carbonyl (C=O) groups is 5. The van der Waals surface area contributed by atoms with Crippen molar-refractivity contribution in [2.45, 2.75) is 75.8 Å². The number of rotatable bonds is 16. The molecule has 2 atom stereocenters. The number of likely N-dealkylation sites (tertiary alicyclic amines) is 1. The molecule has 20 heteroatoms. The molecule has 0 bridgehead atoms. The zero-order chi connectivity index (χ0) is 49.2. The molecule has 2 saturated carbocycles. The Hall–Kier alpha value is -7.48. The van der Waals surface area contributed by atoms with E-state index in [1.807, 2.05) is 15.5 Å². The van der Waals surface area contributed by atoms with Gasteiger partial charge in [0.05, 0.1) is 41.2 Å². The molecule has 4 amide bonds. The Morgan fingerprint density at radius 1 is 0.915 bits per heavy atom. The summed E-state index contributed by atoms with van der Waals surface area (Å²) in [5.41, 5.74) is 4.19. The summed E-state index contributed by atoms with van der Waals surface area (Å²) in [4.78, 5) is 86.9. The molecule has 6 aromatic rings. The minimum absolute atomic E-state index is 0.0253. The molecule has 10 rings (SSSR count). The molecule has 2 aliphatic carbocycles. The van der Waals surface area contributed by atoms with Crippen LogP contribution in [-0.4, -0.2) is 126 Å². The molecule has 18 nitrogen and oxygen atoms in total. The number of hydrogen-bond donors (Lipinski definition) is 4. The number of benzene rings is 2. The van der Waals surface area contributed by atoms with E-state index >= 15 is 4.39 Å². The van der Waals surface area contributed by atoms with Gasteiger partial charge in [-0.3, -0.25) is 33.5 Å². The molecule has 4 aliphatic rings. The Balaban J connectivity index is 0.722. The van der Waals surface area contributed by atoms with Gasteiger partial charge in [0.25, 0.3) is 17.7 Å². The highest BCUT2D eigenvalue weighted by Crippen LogP contribution is 2.41. The van der Waals surface area contributed by atoms with Gasteiger partial charge in [-0.2, -0.15) is 5.10 Å². The number of ether oxygens (including phenoxy) is 1. The van der Waals surface area contributed by atoms with E-state index in [0.717, 1.165) is 68.3 Å². The summed E-state index contributed by atoms with van der Waals surface area (Å²) in [5, 5.41) is 18.1. The molecule has 71 heavy (non-hydrogen) atoms. The Morgan fingerprint density at radius 3 is 2.46 bits per heavy atom. The van der Waals surface area contributed by atoms with E-state index in [2.05, 4.69) is 37.7 Å². The zero-order valence-electron chi connectivity index (χ0n) is 39.4. The minimum atomic E-state index is -0.678. The van der Waals surface area contributed by atoms with Gasteiger partial charge < -0.3 is 35.4 Å². The van der Waals surface area contributed by atoms with Crippen LogP contribution in [0, 0.1) is 11.7 Å². The maximum atomic E-state index is 15.7. The van der Waals surface area contributed by atoms with Crippen molar-refractivity contribution >= 4 is 57.9 Å². The van der Waals surface area contributed by atoms with Crippen molar-refractivity contribution in [3.05, 3.63) is 118 Å². The van der Waals surface area contributed by atoms with Gasteiger partial charge >= 0.3 is 0 Å². The van der Waals surface area contributed by atoms with E-state index in [-0.39, 0.29) is 90.9 Å². The lowest BCUT2D eigenvalue weighted by Crippen LogP contribution is -2.53. The van der Waals surface area contributed by atoms with Crippen molar-refractivity contribution in [3.63, 3.8) is 0 Å². The van der Waals surface area contributed by atoms with Crippen LogP contribution in [-0.2, 0) is 14.4 Å². The number of anilines is 2. The normalized spacial score (nSPS) is 17.8. The molecule has 6 heterocycles. The van der Waals surface area contributed by atoms with Crippen molar-refractivity contribution in [3.8, 4) is 17.0 Å². The van der Waals surface area contributed by atoms with Crippen LogP contribution in [0.1, 0.15) is 107 Å². The van der Waals surface area contributed by atoms with Gasteiger partial charge in [0.1, 0.15) is 28.3 Å². The van der Waals surface area contributed by atoms with Gasteiger partial charge in [-0.05, 0) is 74.8 Å². The summed E-state index contributed by atoms with van der Waals surface area (Å²) in [6.45, 7) is 5.04. The Labute approximate surface area is 413 Å². The van der Waals surface area contributed by atoms with Crippen molar-refractivity contribution in [2.75, 3.05) is 51.7 Å². The van der Waals surface area contributed by atoms with Crippen LogP contribution in [0.5, 0.6) is 5.75 Å². The largest absolute Gasteiger partial charge is 0.484 e. The second-order valence-corrected chi connectivity index (χ2v) is 19.5. The molecule has 4 fully saturated rings. The number of aromatic nitrogens is 6. The molecule has 368 valence electrons. The van der Waals surface area contributed by atoms with Gasteiger partial charge in [-0.15, -0.1) is 11.3 Å². The predicted octanol–water partition coefficient (Wildman–Crippen LogP) is 6.39. The summed E-state index contributed by atoms with van der Waals surface area (Å²) in [6.07, 6.45) is 15.5. The van der Waals surface area contributed by atoms with Crippen molar-refractivity contribution in [2.24, 2.45) is 5.92 Å². The first-order valence-corrected chi connectivity index (χ1v) is 25.1. The van der Waals surface area contributed by atoms with Crippen LogP contribution in [0.4, 0.5) is 15.9 Å². The summed E-state index contributed by atoms with van der Waals surface area (Å²) < 4.78 is 23.5. The fraction of sp³-hybridized carbons (Fsp3) is 0.392. The SMILES string of the molecule is C=C(NC)C(=O)N[C@H](C(=O)N1CCC[C@H]1c1nc(C(=O)c2cccc(OCC(=O)N3CCN(C(=O)c4ccc(Nc5nc(C6CC6)cn6c(-c7cn[nH]c7)cnc56)c(F)c4)CC3)c2)cs1)C1CCCCC1. The molecule has 2 saturated heterocycles. The number of carbonyl (C=O) groups excluding carboxylic acids is 5. The number of piperazine rings is 1. The lowest BCUT2D eigenvalue weighted by molar-refractivity contribution is -0.138. The zero-order valence-corrected chi connectivity index (χ0v) is 40.2. The molecular weight excluding hydrogens is 928 g/mol. The number of likely N-dealkylation sites (N-methyl/N-ethyl adjacent to an activating group) is 1. The van der Waals surface area contributed by atoms with Gasteiger partial charge in [-0.25, -0.2) is 19.3 Å². The summed E-state index contributed by atoms with van der Waals surface area (Å²) in [5.74, 6) is -1.02. The Kier molecular flexibility index (Phi) is 13.6. The van der Waals surface area contributed by atoms with E-state index in [1.54, 1.807) is 71.1 Å².